The quantitative estimate of drug-likeness (QED) is 0.522. The highest BCUT2D eigenvalue weighted by molar-refractivity contribution is 6.00. The van der Waals surface area contributed by atoms with Gasteiger partial charge in [-0.3, -0.25) is 0 Å². The molecule has 0 fully saturated rings. The van der Waals surface area contributed by atoms with E-state index < -0.39 is 17.5 Å². The molecule has 0 atom stereocenters. The second-order valence-electron chi connectivity index (χ2n) is 3.62. The van der Waals surface area contributed by atoms with E-state index in [9.17, 15) is 9.18 Å². The molecule has 6 heteroatoms. The van der Waals surface area contributed by atoms with E-state index in [0.29, 0.717) is 6.54 Å². The molecular formula is C12H15FN2O3. The third-order valence-corrected chi connectivity index (χ3v) is 2.44. The molecular weight excluding hydrogens is 239 g/mol. The van der Waals surface area contributed by atoms with Gasteiger partial charge in [0.25, 0.3) is 0 Å². The van der Waals surface area contributed by atoms with Gasteiger partial charge in [0.1, 0.15) is 11.4 Å². The van der Waals surface area contributed by atoms with Crippen molar-refractivity contribution in [2.45, 2.75) is 0 Å². The Kier molecular flexibility index (Phi) is 4.67. The largest absolute Gasteiger partial charge is 0.478 e. The predicted molar refractivity (Wildman–Crippen MR) is 67.3 cm³/mol. The van der Waals surface area contributed by atoms with Crippen molar-refractivity contribution in [2.75, 3.05) is 30.3 Å². The van der Waals surface area contributed by atoms with Gasteiger partial charge in [0.2, 0.25) is 0 Å². The number of aliphatic hydroxyl groups is 1. The van der Waals surface area contributed by atoms with Gasteiger partial charge in [0.15, 0.2) is 0 Å². The van der Waals surface area contributed by atoms with Gasteiger partial charge in [0, 0.05) is 13.1 Å². The molecule has 0 spiro atoms. The Morgan fingerprint density at radius 1 is 1.56 bits per heavy atom. The molecule has 18 heavy (non-hydrogen) atoms. The number of carboxylic acids is 1. The van der Waals surface area contributed by atoms with Crippen LogP contribution in [0.5, 0.6) is 0 Å². The molecule has 0 saturated heterocycles. The van der Waals surface area contributed by atoms with Crippen molar-refractivity contribution in [2.24, 2.45) is 0 Å². The number of hydrogen-bond acceptors (Lipinski definition) is 4. The van der Waals surface area contributed by atoms with Gasteiger partial charge in [-0.2, -0.15) is 0 Å². The van der Waals surface area contributed by atoms with E-state index in [1.165, 1.54) is 6.07 Å². The summed E-state index contributed by atoms with van der Waals surface area (Å²) in [5.41, 5.74) is 4.99. The summed E-state index contributed by atoms with van der Waals surface area (Å²) in [6, 6.07) is 2.43. The summed E-state index contributed by atoms with van der Waals surface area (Å²) in [6.45, 7) is 3.92. The number of carbonyl (C=O) groups is 1. The standard InChI is InChI=1S/C12H15FN2O3/c1-2-5-15(6-7-16)9-4-3-8(13)11(14)10(9)12(17)18/h2-4,16H,1,5-7,14H2,(H,17,18). The van der Waals surface area contributed by atoms with Crippen LogP contribution in [0.25, 0.3) is 0 Å². The highest BCUT2D eigenvalue weighted by Gasteiger charge is 2.20. The fourth-order valence-corrected chi connectivity index (χ4v) is 1.66. The van der Waals surface area contributed by atoms with Gasteiger partial charge < -0.3 is 20.8 Å². The molecule has 98 valence electrons. The van der Waals surface area contributed by atoms with Gasteiger partial charge >= 0.3 is 5.97 Å². The lowest BCUT2D eigenvalue weighted by Gasteiger charge is -2.24. The maximum absolute atomic E-state index is 13.3. The van der Waals surface area contributed by atoms with Crippen LogP contribution in [0, 0.1) is 5.82 Å². The number of halogens is 1. The first-order valence-corrected chi connectivity index (χ1v) is 5.30. The Bertz CT molecular complexity index is 463. The lowest BCUT2D eigenvalue weighted by atomic mass is 10.1. The molecule has 1 rings (SSSR count). The summed E-state index contributed by atoms with van der Waals surface area (Å²) in [6.07, 6.45) is 1.56. The first-order valence-electron chi connectivity index (χ1n) is 5.30. The van der Waals surface area contributed by atoms with Crippen LogP contribution in [0.15, 0.2) is 24.8 Å². The number of rotatable bonds is 6. The summed E-state index contributed by atoms with van der Waals surface area (Å²) in [7, 11) is 0. The zero-order chi connectivity index (χ0) is 13.7. The minimum atomic E-state index is -1.31. The van der Waals surface area contributed by atoms with E-state index in [0.717, 1.165) is 6.07 Å². The smallest absolute Gasteiger partial charge is 0.340 e. The van der Waals surface area contributed by atoms with E-state index in [1.807, 2.05) is 0 Å². The average molecular weight is 254 g/mol. The fourth-order valence-electron chi connectivity index (χ4n) is 1.66. The van der Waals surface area contributed by atoms with Crippen LogP contribution in [-0.2, 0) is 0 Å². The van der Waals surface area contributed by atoms with E-state index in [2.05, 4.69) is 6.58 Å². The van der Waals surface area contributed by atoms with Crippen molar-refractivity contribution in [1.82, 2.24) is 0 Å². The van der Waals surface area contributed by atoms with Crippen molar-refractivity contribution in [3.05, 3.63) is 36.2 Å². The van der Waals surface area contributed by atoms with E-state index in [1.54, 1.807) is 11.0 Å². The topological polar surface area (TPSA) is 86.8 Å². The van der Waals surface area contributed by atoms with Crippen LogP contribution in [0.1, 0.15) is 10.4 Å². The average Bonchev–Trinajstić information content (AvgIpc) is 2.31. The predicted octanol–water partition coefficient (Wildman–Crippen LogP) is 1.09. The summed E-state index contributed by atoms with van der Waals surface area (Å²) in [4.78, 5) is 12.7. The summed E-state index contributed by atoms with van der Waals surface area (Å²) < 4.78 is 13.3. The maximum Gasteiger partial charge on any atom is 0.340 e. The van der Waals surface area contributed by atoms with Crippen LogP contribution in [0.2, 0.25) is 0 Å². The van der Waals surface area contributed by atoms with Crippen molar-refractivity contribution >= 4 is 17.3 Å². The minimum absolute atomic E-state index is 0.163. The third kappa shape index (κ3) is 2.78. The molecule has 1 aromatic rings. The van der Waals surface area contributed by atoms with Crippen LogP contribution in [0.3, 0.4) is 0 Å². The number of aromatic carboxylic acids is 1. The Labute approximate surface area is 104 Å². The molecule has 4 N–H and O–H groups in total. The number of carboxylic acid groups (broad SMARTS) is 1. The Hall–Kier alpha value is -2.08. The zero-order valence-corrected chi connectivity index (χ0v) is 9.77. The molecule has 0 heterocycles. The molecule has 0 aliphatic rings. The number of anilines is 2. The first-order chi connectivity index (χ1) is 8.52. The number of nitrogens with two attached hydrogens (primary N) is 1. The lowest BCUT2D eigenvalue weighted by Crippen LogP contribution is -2.29. The van der Waals surface area contributed by atoms with Gasteiger partial charge in [-0.15, -0.1) is 6.58 Å². The minimum Gasteiger partial charge on any atom is -0.478 e. The van der Waals surface area contributed by atoms with Gasteiger partial charge in [-0.05, 0) is 12.1 Å². The second-order valence-corrected chi connectivity index (χ2v) is 3.62. The molecule has 5 nitrogen and oxygen atoms in total. The van der Waals surface area contributed by atoms with E-state index >= 15 is 0 Å². The van der Waals surface area contributed by atoms with Crippen molar-refractivity contribution in [3.8, 4) is 0 Å². The van der Waals surface area contributed by atoms with Gasteiger partial charge in [0.05, 0.1) is 18.0 Å². The molecule has 0 amide bonds. The zero-order valence-electron chi connectivity index (χ0n) is 9.77. The van der Waals surface area contributed by atoms with Crippen LogP contribution in [0.4, 0.5) is 15.8 Å². The number of nitrogen functional groups attached to an aromatic ring is 1. The van der Waals surface area contributed by atoms with Crippen LogP contribution in [-0.4, -0.2) is 35.9 Å². The summed E-state index contributed by atoms with van der Waals surface area (Å²) >= 11 is 0. The molecule has 0 aliphatic heterocycles. The number of nitrogens with zero attached hydrogens (tertiary/aromatic N) is 1. The molecule has 0 bridgehead atoms. The number of hydrogen-bond donors (Lipinski definition) is 3. The number of benzene rings is 1. The molecule has 0 radical (unpaired) electrons. The Morgan fingerprint density at radius 2 is 2.22 bits per heavy atom. The maximum atomic E-state index is 13.3. The molecule has 0 aromatic heterocycles. The highest BCUT2D eigenvalue weighted by Crippen LogP contribution is 2.28. The van der Waals surface area contributed by atoms with E-state index in [4.69, 9.17) is 15.9 Å². The third-order valence-electron chi connectivity index (χ3n) is 2.44. The SMILES string of the molecule is C=CCN(CCO)c1ccc(F)c(N)c1C(=O)O. The van der Waals surface area contributed by atoms with Crippen molar-refractivity contribution in [3.63, 3.8) is 0 Å². The van der Waals surface area contributed by atoms with Crippen molar-refractivity contribution in [1.29, 1.82) is 0 Å². The van der Waals surface area contributed by atoms with Crippen LogP contribution >= 0.6 is 0 Å². The summed E-state index contributed by atoms with van der Waals surface area (Å²) in [5.74, 6) is -2.09. The second kappa shape index (κ2) is 6.02. The molecule has 0 unspecified atom stereocenters. The fraction of sp³-hybridized carbons (Fsp3) is 0.250. The Morgan fingerprint density at radius 3 is 2.72 bits per heavy atom. The normalized spacial score (nSPS) is 10.1. The monoisotopic (exact) mass is 254 g/mol. The van der Waals surface area contributed by atoms with Gasteiger partial charge in [-0.1, -0.05) is 6.08 Å². The lowest BCUT2D eigenvalue weighted by molar-refractivity contribution is 0.0698. The summed E-state index contributed by atoms with van der Waals surface area (Å²) in [5, 5.41) is 18.0. The van der Waals surface area contributed by atoms with Gasteiger partial charge in [-0.25, -0.2) is 9.18 Å². The first kappa shape index (κ1) is 14.0. The van der Waals surface area contributed by atoms with Crippen LogP contribution < -0.4 is 10.6 Å². The highest BCUT2D eigenvalue weighted by atomic mass is 19.1. The molecule has 1 aromatic carbocycles. The molecule has 0 aliphatic carbocycles. The Balaban J connectivity index is 3.32. The number of aliphatic hydroxyl groups excluding tert-OH is 1. The molecule has 0 saturated carbocycles. The van der Waals surface area contributed by atoms with E-state index in [-0.39, 0.29) is 24.4 Å². The van der Waals surface area contributed by atoms with Crippen molar-refractivity contribution < 1.29 is 19.4 Å².